The number of aryl methyl sites for hydroxylation is 1. The highest BCUT2D eigenvalue weighted by Crippen LogP contribution is 2.27. The smallest absolute Gasteiger partial charge is 0.406 e. The number of para-hydroxylation sites is 1. The number of nitrogens with one attached hydrogen (secondary N) is 1. The van der Waals surface area contributed by atoms with Crippen LogP contribution >= 0.6 is 11.3 Å². The van der Waals surface area contributed by atoms with Gasteiger partial charge in [0.2, 0.25) is 0 Å². The maximum absolute atomic E-state index is 12.2. The van der Waals surface area contributed by atoms with Crippen molar-refractivity contribution in [2.24, 2.45) is 0 Å². The number of anilines is 1. The lowest BCUT2D eigenvalue weighted by molar-refractivity contribution is -0.274. The van der Waals surface area contributed by atoms with E-state index in [4.69, 9.17) is 0 Å². The first-order valence-electron chi connectivity index (χ1n) is 10.8. The first-order valence-corrected chi connectivity index (χ1v) is 11.6. The summed E-state index contributed by atoms with van der Waals surface area (Å²) in [6.45, 7) is 4.90. The van der Waals surface area contributed by atoms with Crippen LogP contribution in [0, 0.1) is 0 Å². The van der Waals surface area contributed by atoms with E-state index in [2.05, 4.69) is 25.6 Å². The van der Waals surface area contributed by atoms with Crippen LogP contribution in [0.2, 0.25) is 0 Å². The SMILES string of the molecule is O=c1[nH]c2c(N3CCN(CCCCCc4ccc(OC(F)(F)F)cc4)CC3)cccc2s1. The third kappa shape index (κ3) is 6.04. The lowest BCUT2D eigenvalue weighted by Gasteiger charge is -2.36. The molecule has 0 unspecified atom stereocenters. The summed E-state index contributed by atoms with van der Waals surface area (Å²) in [5, 5.41) is 0. The Balaban J connectivity index is 1.16. The van der Waals surface area contributed by atoms with E-state index in [0.717, 1.165) is 79.9 Å². The third-order valence-corrected chi connectivity index (χ3v) is 6.59. The molecule has 2 aromatic carbocycles. The number of thiazole rings is 1. The van der Waals surface area contributed by atoms with Gasteiger partial charge in [-0.3, -0.25) is 9.69 Å². The first-order chi connectivity index (χ1) is 15.4. The lowest BCUT2D eigenvalue weighted by Crippen LogP contribution is -2.46. The molecule has 3 aromatic rings. The van der Waals surface area contributed by atoms with Gasteiger partial charge in [0.1, 0.15) is 5.75 Å². The number of benzene rings is 2. The molecule has 0 aliphatic carbocycles. The number of aromatic nitrogens is 1. The summed E-state index contributed by atoms with van der Waals surface area (Å²) >= 11 is 1.25. The number of nitrogens with zero attached hydrogens (tertiary/aromatic N) is 2. The Hall–Kier alpha value is -2.52. The highest BCUT2D eigenvalue weighted by atomic mass is 32.1. The summed E-state index contributed by atoms with van der Waals surface area (Å²) in [6.07, 6.45) is -0.613. The van der Waals surface area contributed by atoms with Crippen LogP contribution in [0.1, 0.15) is 24.8 Å². The van der Waals surface area contributed by atoms with Gasteiger partial charge in [-0.2, -0.15) is 0 Å². The number of H-pyrrole nitrogens is 1. The maximum atomic E-state index is 12.2. The number of unbranched alkanes of at least 4 members (excludes halogenated alkanes) is 2. The van der Waals surface area contributed by atoms with Gasteiger partial charge in [0.25, 0.3) is 0 Å². The number of halogens is 3. The van der Waals surface area contributed by atoms with Gasteiger partial charge < -0.3 is 14.6 Å². The van der Waals surface area contributed by atoms with Crippen LogP contribution in [0.3, 0.4) is 0 Å². The molecule has 5 nitrogen and oxygen atoms in total. The Morgan fingerprint density at radius 1 is 0.969 bits per heavy atom. The van der Waals surface area contributed by atoms with Gasteiger partial charge in [-0.05, 0) is 55.6 Å². The average molecular weight is 466 g/mol. The van der Waals surface area contributed by atoms with E-state index in [1.807, 2.05) is 12.1 Å². The van der Waals surface area contributed by atoms with Crippen LogP contribution in [-0.2, 0) is 6.42 Å². The normalized spacial score (nSPS) is 15.4. The number of fused-ring (bicyclic) bond motifs is 1. The largest absolute Gasteiger partial charge is 0.573 e. The Kier molecular flexibility index (Phi) is 7.05. The number of alkyl halides is 3. The molecule has 0 amide bonds. The molecule has 0 bridgehead atoms. The third-order valence-electron chi connectivity index (χ3n) is 5.74. The lowest BCUT2D eigenvalue weighted by atomic mass is 10.1. The monoisotopic (exact) mass is 465 g/mol. The minimum Gasteiger partial charge on any atom is -0.406 e. The van der Waals surface area contributed by atoms with E-state index < -0.39 is 6.36 Å². The van der Waals surface area contributed by atoms with E-state index in [1.54, 1.807) is 12.1 Å². The summed E-state index contributed by atoms with van der Waals surface area (Å²) < 4.78 is 41.5. The summed E-state index contributed by atoms with van der Waals surface area (Å²) in [6, 6.07) is 12.2. The van der Waals surface area contributed by atoms with E-state index in [9.17, 15) is 18.0 Å². The summed E-state index contributed by atoms with van der Waals surface area (Å²) in [5.41, 5.74) is 3.06. The van der Waals surface area contributed by atoms with Crippen LogP contribution in [0.25, 0.3) is 10.2 Å². The number of aromatic amines is 1. The fraction of sp³-hybridized carbons (Fsp3) is 0.435. The van der Waals surface area contributed by atoms with Gasteiger partial charge in [-0.15, -0.1) is 13.2 Å². The van der Waals surface area contributed by atoms with Crippen LogP contribution in [0.15, 0.2) is 47.3 Å². The predicted molar refractivity (Wildman–Crippen MR) is 122 cm³/mol. The minimum atomic E-state index is -4.65. The minimum absolute atomic E-state index is 0.0170. The van der Waals surface area contributed by atoms with Gasteiger partial charge in [-0.25, -0.2) is 0 Å². The zero-order chi connectivity index (χ0) is 22.6. The zero-order valence-electron chi connectivity index (χ0n) is 17.7. The molecular formula is C23H26F3N3O2S. The molecule has 1 saturated heterocycles. The molecule has 4 rings (SSSR count). The number of hydrogen-bond acceptors (Lipinski definition) is 5. The fourth-order valence-corrected chi connectivity index (χ4v) is 4.89. The molecule has 2 heterocycles. The van der Waals surface area contributed by atoms with Crippen molar-refractivity contribution >= 4 is 27.2 Å². The molecule has 0 radical (unpaired) electrons. The Morgan fingerprint density at radius 3 is 2.44 bits per heavy atom. The number of ether oxygens (including phenoxy) is 1. The fourth-order valence-electron chi connectivity index (χ4n) is 4.13. The highest BCUT2D eigenvalue weighted by molar-refractivity contribution is 7.16. The molecule has 1 aromatic heterocycles. The van der Waals surface area contributed by atoms with Gasteiger partial charge in [-0.1, -0.05) is 36.0 Å². The quantitative estimate of drug-likeness (QED) is 0.475. The van der Waals surface area contributed by atoms with E-state index in [1.165, 1.54) is 23.5 Å². The molecule has 1 aliphatic rings. The second-order valence-corrected chi connectivity index (χ2v) is 9.01. The second-order valence-electron chi connectivity index (χ2n) is 8.00. The molecule has 32 heavy (non-hydrogen) atoms. The van der Waals surface area contributed by atoms with Gasteiger partial charge in [0.15, 0.2) is 0 Å². The molecular weight excluding hydrogens is 439 g/mol. The molecule has 1 N–H and O–H groups in total. The Morgan fingerprint density at radius 2 is 1.72 bits per heavy atom. The van der Waals surface area contributed by atoms with Crippen molar-refractivity contribution in [3.05, 3.63) is 57.7 Å². The van der Waals surface area contributed by atoms with Crippen molar-refractivity contribution in [3.8, 4) is 5.75 Å². The van der Waals surface area contributed by atoms with Crippen molar-refractivity contribution in [1.29, 1.82) is 0 Å². The van der Waals surface area contributed by atoms with Crippen LogP contribution < -0.4 is 14.5 Å². The van der Waals surface area contributed by atoms with Crippen LogP contribution in [0.4, 0.5) is 18.9 Å². The molecule has 0 spiro atoms. The second kappa shape index (κ2) is 9.95. The molecule has 9 heteroatoms. The maximum Gasteiger partial charge on any atom is 0.573 e. The number of rotatable bonds is 8. The van der Waals surface area contributed by atoms with Crippen molar-refractivity contribution in [2.75, 3.05) is 37.6 Å². The number of hydrogen-bond donors (Lipinski definition) is 1. The van der Waals surface area contributed by atoms with Crippen molar-refractivity contribution < 1.29 is 17.9 Å². The van der Waals surface area contributed by atoms with Crippen molar-refractivity contribution in [2.45, 2.75) is 32.0 Å². The zero-order valence-corrected chi connectivity index (χ0v) is 18.5. The Labute approximate surface area is 188 Å². The molecule has 0 atom stereocenters. The molecule has 1 aliphatic heterocycles. The topological polar surface area (TPSA) is 48.6 Å². The van der Waals surface area contributed by atoms with Gasteiger partial charge in [0, 0.05) is 26.2 Å². The Bertz CT molecular complexity index is 1070. The van der Waals surface area contributed by atoms with E-state index >= 15 is 0 Å². The first kappa shape index (κ1) is 22.7. The van der Waals surface area contributed by atoms with Gasteiger partial charge in [0.05, 0.1) is 15.9 Å². The summed E-state index contributed by atoms with van der Waals surface area (Å²) in [4.78, 5) is 19.4. The van der Waals surface area contributed by atoms with Crippen molar-refractivity contribution in [1.82, 2.24) is 9.88 Å². The van der Waals surface area contributed by atoms with Crippen LogP contribution in [-0.4, -0.2) is 49.0 Å². The molecule has 0 saturated carbocycles. The van der Waals surface area contributed by atoms with Crippen LogP contribution in [0.5, 0.6) is 5.75 Å². The summed E-state index contributed by atoms with van der Waals surface area (Å²) in [7, 11) is 0. The number of piperazine rings is 1. The summed E-state index contributed by atoms with van der Waals surface area (Å²) in [5.74, 6) is -0.179. The van der Waals surface area contributed by atoms with E-state index in [-0.39, 0.29) is 10.6 Å². The average Bonchev–Trinajstić information content (AvgIpc) is 3.14. The van der Waals surface area contributed by atoms with Gasteiger partial charge >= 0.3 is 11.2 Å². The molecule has 1 fully saturated rings. The predicted octanol–water partition coefficient (Wildman–Crippen LogP) is 5.02. The van der Waals surface area contributed by atoms with E-state index in [0.29, 0.717) is 0 Å². The van der Waals surface area contributed by atoms with Crippen molar-refractivity contribution in [3.63, 3.8) is 0 Å². The molecule has 172 valence electrons. The standard InChI is InChI=1S/C23H26F3N3O2S/c24-23(25,26)31-18-10-8-17(9-11-18)5-2-1-3-12-28-13-15-29(16-14-28)19-6-4-7-20-21(19)27-22(30)32-20/h4,6-11H,1-3,5,12-16H2,(H,27,30). The highest BCUT2D eigenvalue weighted by Gasteiger charge is 2.30.